The van der Waals surface area contributed by atoms with Gasteiger partial charge in [0, 0.05) is 43.2 Å². The van der Waals surface area contributed by atoms with Crippen molar-refractivity contribution in [3.8, 4) is 11.3 Å². The van der Waals surface area contributed by atoms with Crippen LogP contribution in [0, 0.1) is 0 Å². The number of nitrogens with two attached hydrogens (primary N) is 1. The number of pyridine rings is 2. The second kappa shape index (κ2) is 7.01. The number of nitrogens with zero attached hydrogens (tertiary/aromatic N) is 5. The van der Waals surface area contributed by atoms with E-state index in [1.807, 2.05) is 12.3 Å². The fourth-order valence-electron chi connectivity index (χ4n) is 6.30. The Morgan fingerprint density at radius 2 is 1.72 bits per heavy atom. The van der Waals surface area contributed by atoms with Gasteiger partial charge in [-0.3, -0.25) is 9.88 Å². The van der Waals surface area contributed by atoms with Gasteiger partial charge in [0.25, 0.3) is 0 Å². The van der Waals surface area contributed by atoms with Crippen molar-refractivity contribution in [3.63, 3.8) is 0 Å². The van der Waals surface area contributed by atoms with E-state index in [4.69, 9.17) is 15.7 Å². The van der Waals surface area contributed by atoms with Gasteiger partial charge in [-0.25, -0.2) is 9.98 Å². The average Bonchev–Trinajstić information content (AvgIpc) is 3.25. The Hall–Kier alpha value is -2.99. The summed E-state index contributed by atoms with van der Waals surface area (Å²) in [5.41, 5.74) is 13.2. The lowest BCUT2D eigenvalue weighted by Gasteiger charge is -2.50. The summed E-state index contributed by atoms with van der Waals surface area (Å²) in [5, 5.41) is 0. The second-order valence-corrected chi connectivity index (χ2v) is 9.87. The molecule has 0 radical (unpaired) electrons. The number of amidine groups is 1. The maximum Gasteiger partial charge on any atom is 0.104 e. The maximum absolute atomic E-state index is 5.91. The molecule has 32 heavy (non-hydrogen) atoms. The van der Waals surface area contributed by atoms with E-state index < -0.39 is 0 Å². The quantitative estimate of drug-likeness (QED) is 0.687. The van der Waals surface area contributed by atoms with E-state index in [0.717, 1.165) is 59.6 Å². The van der Waals surface area contributed by atoms with Crippen LogP contribution in [0.2, 0.25) is 0 Å². The molecule has 3 aromatic rings. The van der Waals surface area contributed by atoms with Crippen LogP contribution in [-0.4, -0.2) is 51.9 Å². The van der Waals surface area contributed by atoms with Crippen LogP contribution in [-0.2, 0) is 6.42 Å². The smallest absolute Gasteiger partial charge is 0.104 e. The number of rotatable bonds is 3. The molecule has 6 nitrogen and oxygen atoms in total. The SMILES string of the molecule is NC1=Nc2cc(-c3ccc4ncc(N5CC(N6C7CCCC6CC7)C5)cc4n3)ccc2C1. The van der Waals surface area contributed by atoms with Crippen LogP contribution in [0.5, 0.6) is 0 Å². The normalized spacial score (nSPS) is 25.1. The van der Waals surface area contributed by atoms with Crippen molar-refractivity contribution in [2.24, 2.45) is 10.7 Å². The Kier molecular flexibility index (Phi) is 4.06. The predicted octanol–water partition coefficient (Wildman–Crippen LogP) is 4.05. The number of aliphatic imine (C=N–C) groups is 1. The minimum absolute atomic E-state index is 0.683. The Morgan fingerprint density at radius 1 is 0.875 bits per heavy atom. The highest BCUT2D eigenvalue weighted by Crippen LogP contribution is 2.40. The van der Waals surface area contributed by atoms with E-state index in [1.54, 1.807) is 0 Å². The lowest BCUT2D eigenvalue weighted by molar-refractivity contribution is 0.0705. The van der Waals surface area contributed by atoms with Crippen molar-refractivity contribution < 1.29 is 0 Å². The van der Waals surface area contributed by atoms with Gasteiger partial charge in [-0.2, -0.15) is 0 Å². The fourth-order valence-corrected chi connectivity index (χ4v) is 6.30. The molecule has 162 valence electrons. The number of fused-ring (bicyclic) bond motifs is 4. The number of aromatic nitrogens is 2. The molecule has 3 saturated heterocycles. The number of benzene rings is 1. The fraction of sp³-hybridized carbons (Fsp3) is 0.423. The Labute approximate surface area is 188 Å². The molecular weight excluding hydrogens is 396 g/mol. The van der Waals surface area contributed by atoms with E-state index in [9.17, 15) is 0 Å². The van der Waals surface area contributed by atoms with Crippen molar-refractivity contribution in [2.75, 3.05) is 18.0 Å². The highest BCUT2D eigenvalue weighted by atomic mass is 15.4. The zero-order chi connectivity index (χ0) is 21.2. The summed E-state index contributed by atoms with van der Waals surface area (Å²) >= 11 is 0. The van der Waals surface area contributed by atoms with Crippen molar-refractivity contribution in [2.45, 2.75) is 56.7 Å². The first kappa shape index (κ1) is 18.6. The van der Waals surface area contributed by atoms with Gasteiger partial charge in [0.05, 0.1) is 34.3 Å². The summed E-state index contributed by atoms with van der Waals surface area (Å²) in [6.45, 7) is 2.23. The van der Waals surface area contributed by atoms with Gasteiger partial charge in [0.15, 0.2) is 0 Å². The first-order valence-electron chi connectivity index (χ1n) is 12.0. The summed E-state index contributed by atoms with van der Waals surface area (Å²) in [6, 6.07) is 15.0. The van der Waals surface area contributed by atoms with E-state index >= 15 is 0 Å². The highest BCUT2D eigenvalue weighted by Gasteiger charge is 2.44. The summed E-state index contributed by atoms with van der Waals surface area (Å²) in [5.74, 6) is 0.683. The third-order valence-corrected chi connectivity index (χ3v) is 7.94. The van der Waals surface area contributed by atoms with Crippen LogP contribution in [0.4, 0.5) is 11.4 Å². The van der Waals surface area contributed by atoms with E-state index in [-0.39, 0.29) is 0 Å². The molecule has 3 fully saturated rings. The van der Waals surface area contributed by atoms with Crippen LogP contribution < -0.4 is 10.6 Å². The standard InChI is InChI=1S/C26H28N6/c27-26-11-17-5-4-16(10-24(17)30-26)22-8-9-23-25(29-22)12-20(13-28-23)31-14-21(15-31)32-18-2-1-3-19(32)7-6-18/h4-5,8-10,12-13,18-19,21H,1-3,6-7,11,14-15H2,(H2,27,30). The first-order valence-corrected chi connectivity index (χ1v) is 12.0. The predicted molar refractivity (Wildman–Crippen MR) is 128 cm³/mol. The number of anilines is 1. The Balaban J connectivity index is 1.13. The van der Waals surface area contributed by atoms with Gasteiger partial charge in [-0.15, -0.1) is 0 Å². The van der Waals surface area contributed by atoms with Gasteiger partial charge in [0.2, 0.25) is 0 Å². The summed E-state index contributed by atoms with van der Waals surface area (Å²) < 4.78 is 0. The minimum Gasteiger partial charge on any atom is -0.387 e. The zero-order valence-corrected chi connectivity index (χ0v) is 18.2. The number of hydrogen-bond donors (Lipinski definition) is 1. The minimum atomic E-state index is 0.683. The average molecular weight is 425 g/mol. The van der Waals surface area contributed by atoms with Crippen LogP contribution in [0.1, 0.15) is 37.7 Å². The van der Waals surface area contributed by atoms with E-state index in [2.05, 4.69) is 45.1 Å². The molecule has 6 heterocycles. The molecular formula is C26H28N6. The van der Waals surface area contributed by atoms with Crippen LogP contribution in [0.3, 0.4) is 0 Å². The zero-order valence-electron chi connectivity index (χ0n) is 18.2. The topological polar surface area (TPSA) is 70.6 Å². The molecule has 6 heteroatoms. The third kappa shape index (κ3) is 2.93. The maximum atomic E-state index is 5.91. The summed E-state index contributed by atoms with van der Waals surface area (Å²) in [6.07, 6.45) is 9.80. The van der Waals surface area contributed by atoms with Gasteiger partial charge in [-0.1, -0.05) is 18.6 Å². The van der Waals surface area contributed by atoms with Gasteiger partial charge in [0.1, 0.15) is 5.84 Å². The van der Waals surface area contributed by atoms with E-state index in [1.165, 1.54) is 43.4 Å². The molecule has 0 amide bonds. The molecule has 0 saturated carbocycles. The van der Waals surface area contributed by atoms with Crippen molar-refractivity contribution in [3.05, 3.63) is 48.2 Å². The van der Waals surface area contributed by atoms with Crippen molar-refractivity contribution in [1.82, 2.24) is 14.9 Å². The van der Waals surface area contributed by atoms with Gasteiger partial charge < -0.3 is 10.6 Å². The Bertz CT molecular complexity index is 1230. The van der Waals surface area contributed by atoms with Gasteiger partial charge in [-0.05, 0) is 55.5 Å². The molecule has 1 aromatic carbocycles. The number of piperidine rings is 1. The molecule has 4 aliphatic rings. The second-order valence-electron chi connectivity index (χ2n) is 9.87. The molecule has 4 aliphatic heterocycles. The van der Waals surface area contributed by atoms with Crippen LogP contribution in [0.15, 0.2) is 47.6 Å². The Morgan fingerprint density at radius 3 is 2.56 bits per heavy atom. The lowest BCUT2D eigenvalue weighted by atomic mass is 9.96. The summed E-state index contributed by atoms with van der Waals surface area (Å²) in [4.78, 5) is 19.4. The molecule has 2 N–H and O–H groups in total. The van der Waals surface area contributed by atoms with Crippen molar-refractivity contribution in [1.29, 1.82) is 0 Å². The molecule has 2 aromatic heterocycles. The van der Waals surface area contributed by atoms with E-state index in [0.29, 0.717) is 11.9 Å². The monoisotopic (exact) mass is 424 g/mol. The summed E-state index contributed by atoms with van der Waals surface area (Å²) in [7, 11) is 0. The molecule has 0 spiro atoms. The third-order valence-electron chi connectivity index (χ3n) is 7.94. The van der Waals surface area contributed by atoms with Crippen molar-refractivity contribution >= 4 is 28.2 Å². The van der Waals surface area contributed by atoms with Crippen LogP contribution >= 0.6 is 0 Å². The molecule has 2 bridgehead atoms. The largest absolute Gasteiger partial charge is 0.387 e. The lowest BCUT2D eigenvalue weighted by Crippen LogP contribution is -2.63. The molecule has 0 aliphatic carbocycles. The first-order chi connectivity index (χ1) is 15.7. The molecule has 2 unspecified atom stereocenters. The molecule has 7 rings (SSSR count). The van der Waals surface area contributed by atoms with Crippen LogP contribution in [0.25, 0.3) is 22.3 Å². The highest BCUT2D eigenvalue weighted by molar-refractivity contribution is 5.92. The number of hydrogen-bond acceptors (Lipinski definition) is 6. The van der Waals surface area contributed by atoms with Gasteiger partial charge >= 0.3 is 0 Å². The molecule has 2 atom stereocenters.